The Morgan fingerprint density at radius 3 is 2.76 bits per heavy atom. The highest BCUT2D eigenvalue weighted by atomic mass is 19.1. The van der Waals surface area contributed by atoms with Gasteiger partial charge in [0.2, 0.25) is 0 Å². The molecule has 0 saturated carbocycles. The molecule has 4 N–H and O–H groups in total. The number of nitrogens with one attached hydrogen (secondary N) is 1. The summed E-state index contributed by atoms with van der Waals surface area (Å²) < 4.78 is 13.6. The highest BCUT2D eigenvalue weighted by molar-refractivity contribution is 5.97. The van der Waals surface area contributed by atoms with Crippen LogP contribution in [0.3, 0.4) is 0 Å². The zero-order valence-corrected chi connectivity index (χ0v) is 10.1. The van der Waals surface area contributed by atoms with E-state index in [1.54, 1.807) is 12.1 Å². The van der Waals surface area contributed by atoms with Crippen LogP contribution >= 0.6 is 0 Å². The van der Waals surface area contributed by atoms with E-state index in [-0.39, 0.29) is 11.7 Å². The van der Waals surface area contributed by atoms with Crippen LogP contribution in [-0.2, 0) is 6.54 Å². The first-order chi connectivity index (χ1) is 8.04. The maximum absolute atomic E-state index is 13.6. The van der Waals surface area contributed by atoms with E-state index in [0.717, 1.165) is 6.54 Å². The Balaban J connectivity index is 2.70. The molecule has 0 aliphatic carbocycles. The summed E-state index contributed by atoms with van der Waals surface area (Å²) in [6.07, 6.45) is 0. The standard InChI is InChI=1S/C12H18FN3O/c1-8(2)6-15-7-10-4-3-9(5-11(10)13)12(14)16-17/h3-5,8,15,17H,6-7H2,1-2H3,(H2,14,16). The van der Waals surface area contributed by atoms with Crippen LogP contribution in [0.4, 0.5) is 4.39 Å². The predicted octanol–water partition coefficient (Wildman–Crippen LogP) is 1.67. The van der Waals surface area contributed by atoms with Crippen LogP contribution in [-0.4, -0.2) is 17.6 Å². The zero-order chi connectivity index (χ0) is 12.8. The minimum Gasteiger partial charge on any atom is -0.409 e. The molecule has 0 aliphatic rings. The van der Waals surface area contributed by atoms with Crippen LogP contribution in [0.5, 0.6) is 0 Å². The smallest absolute Gasteiger partial charge is 0.170 e. The van der Waals surface area contributed by atoms with Crippen molar-refractivity contribution in [1.82, 2.24) is 5.32 Å². The fourth-order valence-electron chi connectivity index (χ4n) is 1.40. The maximum Gasteiger partial charge on any atom is 0.170 e. The van der Waals surface area contributed by atoms with E-state index in [2.05, 4.69) is 24.3 Å². The molecule has 1 aromatic carbocycles. The number of nitrogens with two attached hydrogens (primary N) is 1. The maximum atomic E-state index is 13.6. The van der Waals surface area contributed by atoms with Crippen molar-refractivity contribution in [2.45, 2.75) is 20.4 Å². The summed E-state index contributed by atoms with van der Waals surface area (Å²) >= 11 is 0. The molecule has 94 valence electrons. The molecule has 0 spiro atoms. The Bertz CT molecular complexity index is 405. The fraction of sp³-hybridized carbons (Fsp3) is 0.417. The second kappa shape index (κ2) is 6.20. The van der Waals surface area contributed by atoms with Crippen molar-refractivity contribution in [3.63, 3.8) is 0 Å². The molecule has 1 aromatic rings. The van der Waals surface area contributed by atoms with E-state index < -0.39 is 0 Å². The van der Waals surface area contributed by atoms with Gasteiger partial charge in [-0.1, -0.05) is 31.1 Å². The molecule has 17 heavy (non-hydrogen) atoms. The molecule has 0 heterocycles. The summed E-state index contributed by atoms with van der Waals surface area (Å²) in [4.78, 5) is 0. The molecule has 0 unspecified atom stereocenters. The monoisotopic (exact) mass is 239 g/mol. The number of halogens is 1. The first kappa shape index (κ1) is 13.4. The number of hydrogen-bond acceptors (Lipinski definition) is 3. The van der Waals surface area contributed by atoms with E-state index >= 15 is 0 Å². The van der Waals surface area contributed by atoms with Crippen molar-refractivity contribution < 1.29 is 9.60 Å². The molecule has 0 fully saturated rings. The van der Waals surface area contributed by atoms with E-state index in [1.807, 2.05) is 0 Å². The summed E-state index contributed by atoms with van der Waals surface area (Å²) in [5.41, 5.74) is 6.31. The molecule has 0 saturated heterocycles. The van der Waals surface area contributed by atoms with Gasteiger partial charge in [0.15, 0.2) is 5.84 Å². The van der Waals surface area contributed by atoms with Gasteiger partial charge in [0.1, 0.15) is 5.82 Å². The summed E-state index contributed by atoms with van der Waals surface area (Å²) in [6, 6.07) is 4.53. The number of oxime groups is 1. The second-order valence-corrected chi connectivity index (χ2v) is 4.32. The Labute approximate surface area is 100 Å². The molecule has 0 amide bonds. The van der Waals surface area contributed by atoms with Crippen LogP contribution in [0.2, 0.25) is 0 Å². The molecule has 0 bridgehead atoms. The highest BCUT2D eigenvalue weighted by Gasteiger charge is 2.06. The normalized spacial score (nSPS) is 12.1. The van der Waals surface area contributed by atoms with Gasteiger partial charge in [0.25, 0.3) is 0 Å². The van der Waals surface area contributed by atoms with Crippen molar-refractivity contribution in [1.29, 1.82) is 0 Å². The SMILES string of the molecule is CC(C)CNCc1ccc(C(N)=NO)cc1F. The van der Waals surface area contributed by atoms with Gasteiger partial charge >= 0.3 is 0 Å². The lowest BCUT2D eigenvalue weighted by molar-refractivity contribution is 0.318. The van der Waals surface area contributed by atoms with Gasteiger partial charge in [-0.15, -0.1) is 0 Å². The lowest BCUT2D eigenvalue weighted by Crippen LogP contribution is -2.20. The van der Waals surface area contributed by atoms with Crippen LogP contribution in [0, 0.1) is 11.7 Å². The predicted molar refractivity (Wildman–Crippen MR) is 65.5 cm³/mol. The summed E-state index contributed by atoms with van der Waals surface area (Å²) in [5.74, 6) is 0.0745. The van der Waals surface area contributed by atoms with E-state index in [4.69, 9.17) is 10.9 Å². The fourth-order valence-corrected chi connectivity index (χ4v) is 1.40. The van der Waals surface area contributed by atoms with Gasteiger partial charge in [0.05, 0.1) is 0 Å². The Hall–Kier alpha value is -1.62. The average molecular weight is 239 g/mol. The van der Waals surface area contributed by atoms with Gasteiger partial charge < -0.3 is 16.3 Å². The van der Waals surface area contributed by atoms with Crippen molar-refractivity contribution in [2.75, 3.05) is 6.54 Å². The van der Waals surface area contributed by atoms with Crippen molar-refractivity contribution in [3.05, 3.63) is 35.1 Å². The van der Waals surface area contributed by atoms with Crippen LogP contribution in [0.25, 0.3) is 0 Å². The van der Waals surface area contributed by atoms with Crippen molar-refractivity contribution in [2.24, 2.45) is 16.8 Å². The molecule has 0 aromatic heterocycles. The van der Waals surface area contributed by atoms with Gasteiger partial charge in [0, 0.05) is 17.7 Å². The Morgan fingerprint density at radius 2 is 2.24 bits per heavy atom. The van der Waals surface area contributed by atoms with Gasteiger partial charge in [-0.25, -0.2) is 4.39 Å². The number of nitrogens with zero attached hydrogens (tertiary/aromatic N) is 1. The summed E-state index contributed by atoms with van der Waals surface area (Å²) in [7, 11) is 0. The van der Waals surface area contributed by atoms with Crippen molar-refractivity contribution in [3.8, 4) is 0 Å². The largest absolute Gasteiger partial charge is 0.409 e. The molecule has 0 radical (unpaired) electrons. The molecular weight excluding hydrogens is 221 g/mol. The van der Waals surface area contributed by atoms with E-state index in [1.165, 1.54) is 6.07 Å². The first-order valence-corrected chi connectivity index (χ1v) is 5.51. The Kier molecular flexibility index (Phi) is 4.90. The van der Waals surface area contributed by atoms with Gasteiger partial charge in [-0.05, 0) is 18.5 Å². The first-order valence-electron chi connectivity index (χ1n) is 5.51. The molecular formula is C12H18FN3O. The highest BCUT2D eigenvalue weighted by Crippen LogP contribution is 2.10. The lowest BCUT2D eigenvalue weighted by atomic mass is 10.1. The van der Waals surface area contributed by atoms with E-state index in [0.29, 0.717) is 23.6 Å². The topological polar surface area (TPSA) is 70.6 Å². The van der Waals surface area contributed by atoms with E-state index in [9.17, 15) is 4.39 Å². The molecule has 0 aliphatic heterocycles. The summed E-state index contributed by atoms with van der Waals surface area (Å²) in [5, 5.41) is 14.5. The van der Waals surface area contributed by atoms with Crippen LogP contribution in [0.1, 0.15) is 25.0 Å². The average Bonchev–Trinajstić information content (AvgIpc) is 2.29. The summed E-state index contributed by atoms with van der Waals surface area (Å²) in [6.45, 7) is 5.48. The Morgan fingerprint density at radius 1 is 1.53 bits per heavy atom. The quantitative estimate of drug-likeness (QED) is 0.317. The molecule has 0 atom stereocenters. The van der Waals surface area contributed by atoms with Crippen LogP contribution in [0.15, 0.2) is 23.4 Å². The zero-order valence-electron chi connectivity index (χ0n) is 10.1. The molecule has 5 heteroatoms. The third-order valence-corrected chi connectivity index (χ3v) is 2.32. The van der Waals surface area contributed by atoms with Crippen molar-refractivity contribution >= 4 is 5.84 Å². The molecule has 1 rings (SSSR count). The number of amidine groups is 1. The number of benzene rings is 1. The molecule has 4 nitrogen and oxygen atoms in total. The minimum atomic E-state index is -0.356. The third kappa shape index (κ3) is 4.03. The number of rotatable bonds is 5. The van der Waals surface area contributed by atoms with Crippen LogP contribution < -0.4 is 11.1 Å². The van der Waals surface area contributed by atoms with Gasteiger partial charge in [-0.2, -0.15) is 0 Å². The lowest BCUT2D eigenvalue weighted by Gasteiger charge is -2.09. The second-order valence-electron chi connectivity index (χ2n) is 4.32. The van der Waals surface area contributed by atoms with Gasteiger partial charge in [-0.3, -0.25) is 0 Å². The minimum absolute atomic E-state index is 0.0920. The third-order valence-electron chi connectivity index (χ3n) is 2.32. The number of hydrogen-bond donors (Lipinski definition) is 3.